The minimum Gasteiger partial charge on any atom is -0.488 e. The number of hydrogen-bond donors (Lipinski definition) is 2. The fraction of sp³-hybridized carbons (Fsp3) is 0.138. The van der Waals surface area contributed by atoms with Gasteiger partial charge in [0.1, 0.15) is 25.0 Å². The van der Waals surface area contributed by atoms with Gasteiger partial charge in [-0.25, -0.2) is 0 Å². The number of terminal acetylenes is 1. The zero-order chi connectivity index (χ0) is 25.7. The highest BCUT2D eigenvalue weighted by atomic mass is 35.5. The summed E-state index contributed by atoms with van der Waals surface area (Å²) in [5.41, 5.74) is 8.66. The van der Waals surface area contributed by atoms with Crippen molar-refractivity contribution in [2.75, 3.05) is 0 Å². The second-order valence-corrected chi connectivity index (χ2v) is 9.08. The number of aliphatic carboxylic acids is 1. The van der Waals surface area contributed by atoms with E-state index in [1.54, 1.807) is 18.2 Å². The molecule has 0 unspecified atom stereocenters. The highest BCUT2D eigenvalue weighted by molar-refractivity contribution is 6.37. The first-order valence-electron chi connectivity index (χ1n) is 11.1. The predicted octanol–water partition coefficient (Wildman–Crippen LogP) is 6.24. The molecule has 0 aliphatic heterocycles. The van der Waals surface area contributed by atoms with Crippen LogP contribution < -0.4 is 15.2 Å². The molecule has 0 radical (unpaired) electrons. The summed E-state index contributed by atoms with van der Waals surface area (Å²) in [6.45, 7) is 0.475. The van der Waals surface area contributed by atoms with Crippen LogP contribution in [0.15, 0.2) is 72.8 Å². The van der Waals surface area contributed by atoms with Gasteiger partial charge < -0.3 is 20.3 Å². The van der Waals surface area contributed by atoms with Crippen molar-refractivity contribution in [3.63, 3.8) is 0 Å². The van der Waals surface area contributed by atoms with Gasteiger partial charge in [-0.05, 0) is 64.7 Å². The lowest BCUT2D eigenvalue weighted by Crippen LogP contribution is -2.32. The zero-order valence-electron chi connectivity index (χ0n) is 19.2. The van der Waals surface area contributed by atoms with E-state index in [2.05, 4.69) is 30.2 Å². The Morgan fingerprint density at radius 2 is 1.64 bits per heavy atom. The van der Waals surface area contributed by atoms with Crippen molar-refractivity contribution >= 4 is 39.9 Å². The average molecular weight is 520 g/mol. The monoisotopic (exact) mass is 519 g/mol. The van der Waals surface area contributed by atoms with E-state index >= 15 is 0 Å². The third-order valence-electron chi connectivity index (χ3n) is 5.64. The molecule has 182 valence electrons. The van der Waals surface area contributed by atoms with Crippen molar-refractivity contribution < 1.29 is 19.4 Å². The maximum absolute atomic E-state index is 11.0. The molecule has 4 aromatic carbocycles. The summed E-state index contributed by atoms with van der Waals surface area (Å²) in [5.74, 6) is 2.42. The lowest BCUT2D eigenvalue weighted by molar-refractivity contribution is -0.138. The standard InChI is InChI=1S/C29H23Cl2NO4/c1-2-18-8-10-27(35-16-19-7-9-21-5-3-4-6-22(21)12-19)23(11-18)17-36-28-24(30)13-20(14-25(28)31)15-26(32)29(33)34/h1,3-14,26H,15-17,32H2,(H,33,34)/t26-/m0/s1. The van der Waals surface area contributed by atoms with Gasteiger partial charge in [0, 0.05) is 11.1 Å². The highest BCUT2D eigenvalue weighted by Crippen LogP contribution is 2.36. The van der Waals surface area contributed by atoms with E-state index < -0.39 is 12.0 Å². The zero-order valence-corrected chi connectivity index (χ0v) is 20.7. The summed E-state index contributed by atoms with van der Waals surface area (Å²) in [6, 6.07) is 21.9. The molecule has 0 fully saturated rings. The van der Waals surface area contributed by atoms with Gasteiger partial charge in [-0.1, -0.05) is 65.5 Å². The van der Waals surface area contributed by atoms with E-state index in [1.165, 1.54) is 5.39 Å². The van der Waals surface area contributed by atoms with E-state index in [9.17, 15) is 4.79 Å². The van der Waals surface area contributed by atoms with Gasteiger partial charge in [0.15, 0.2) is 5.75 Å². The van der Waals surface area contributed by atoms with Crippen molar-refractivity contribution in [1.82, 2.24) is 0 Å². The number of nitrogens with two attached hydrogens (primary N) is 1. The smallest absolute Gasteiger partial charge is 0.320 e. The van der Waals surface area contributed by atoms with E-state index in [1.807, 2.05) is 30.3 Å². The fourth-order valence-electron chi connectivity index (χ4n) is 3.77. The first kappa shape index (κ1) is 25.4. The minimum atomic E-state index is -1.10. The third-order valence-corrected chi connectivity index (χ3v) is 6.20. The molecule has 5 nitrogen and oxygen atoms in total. The van der Waals surface area contributed by atoms with E-state index in [-0.39, 0.29) is 28.8 Å². The number of carbonyl (C=O) groups is 1. The number of rotatable bonds is 9. The van der Waals surface area contributed by atoms with E-state index in [0.717, 1.165) is 16.5 Å². The number of benzene rings is 4. The molecule has 4 aromatic rings. The summed E-state index contributed by atoms with van der Waals surface area (Å²) in [4.78, 5) is 11.0. The molecule has 1 atom stereocenters. The second-order valence-electron chi connectivity index (χ2n) is 8.26. The molecule has 4 rings (SSSR count). The molecule has 0 heterocycles. The van der Waals surface area contributed by atoms with Crippen LogP contribution in [0, 0.1) is 12.3 Å². The van der Waals surface area contributed by atoms with Crippen molar-refractivity contribution in [2.24, 2.45) is 5.73 Å². The van der Waals surface area contributed by atoms with Crippen LogP contribution in [0.25, 0.3) is 10.8 Å². The summed E-state index contributed by atoms with van der Waals surface area (Å²) in [5, 5.41) is 11.8. The molecular weight excluding hydrogens is 497 g/mol. The van der Waals surface area contributed by atoms with Gasteiger partial charge in [0.05, 0.1) is 10.0 Å². The van der Waals surface area contributed by atoms with Crippen molar-refractivity contribution in [3.8, 4) is 23.8 Å². The number of carboxylic acid groups (broad SMARTS) is 1. The van der Waals surface area contributed by atoms with Crippen LogP contribution in [-0.4, -0.2) is 17.1 Å². The minimum absolute atomic E-state index is 0.0893. The molecule has 7 heteroatoms. The molecular formula is C29H23Cl2NO4. The van der Waals surface area contributed by atoms with Crippen LogP contribution >= 0.6 is 23.2 Å². The van der Waals surface area contributed by atoms with Gasteiger partial charge >= 0.3 is 5.97 Å². The Labute approximate surface area is 219 Å². The fourth-order valence-corrected chi connectivity index (χ4v) is 4.41. The normalized spacial score (nSPS) is 11.6. The first-order chi connectivity index (χ1) is 17.3. The molecule has 0 amide bonds. The molecule has 0 bridgehead atoms. The molecule has 0 saturated carbocycles. The van der Waals surface area contributed by atoms with Gasteiger partial charge in [0.2, 0.25) is 0 Å². The summed E-state index contributed by atoms with van der Waals surface area (Å²) >= 11 is 12.8. The topological polar surface area (TPSA) is 81.8 Å². The average Bonchev–Trinajstić information content (AvgIpc) is 2.87. The Morgan fingerprint density at radius 3 is 2.33 bits per heavy atom. The molecule has 0 aliphatic rings. The molecule has 36 heavy (non-hydrogen) atoms. The van der Waals surface area contributed by atoms with Crippen LogP contribution in [0.4, 0.5) is 0 Å². The lowest BCUT2D eigenvalue weighted by Gasteiger charge is -2.16. The van der Waals surface area contributed by atoms with Crippen LogP contribution in [0.2, 0.25) is 10.0 Å². The van der Waals surface area contributed by atoms with Crippen molar-refractivity contribution in [1.29, 1.82) is 0 Å². The predicted molar refractivity (Wildman–Crippen MR) is 143 cm³/mol. The Bertz CT molecular complexity index is 1440. The Balaban J connectivity index is 1.51. The van der Waals surface area contributed by atoms with Crippen LogP contribution in [-0.2, 0) is 24.4 Å². The molecule has 0 saturated heterocycles. The maximum Gasteiger partial charge on any atom is 0.320 e. The van der Waals surface area contributed by atoms with E-state index in [0.29, 0.717) is 23.5 Å². The summed E-state index contributed by atoms with van der Waals surface area (Å²) in [7, 11) is 0. The molecule has 0 spiro atoms. The number of fused-ring (bicyclic) bond motifs is 1. The summed E-state index contributed by atoms with van der Waals surface area (Å²) < 4.78 is 12.1. The quantitative estimate of drug-likeness (QED) is 0.256. The third kappa shape index (κ3) is 6.10. The highest BCUT2D eigenvalue weighted by Gasteiger charge is 2.17. The number of carboxylic acids is 1. The Morgan fingerprint density at radius 1 is 0.917 bits per heavy atom. The van der Waals surface area contributed by atoms with Gasteiger partial charge in [-0.15, -0.1) is 6.42 Å². The van der Waals surface area contributed by atoms with Crippen molar-refractivity contribution in [2.45, 2.75) is 25.7 Å². The van der Waals surface area contributed by atoms with Gasteiger partial charge in [0.25, 0.3) is 0 Å². The number of hydrogen-bond acceptors (Lipinski definition) is 4. The van der Waals surface area contributed by atoms with Gasteiger partial charge in [-0.2, -0.15) is 0 Å². The van der Waals surface area contributed by atoms with E-state index in [4.69, 9.17) is 49.9 Å². The van der Waals surface area contributed by atoms with Crippen LogP contribution in [0.1, 0.15) is 22.3 Å². The van der Waals surface area contributed by atoms with Crippen LogP contribution in [0.5, 0.6) is 11.5 Å². The summed E-state index contributed by atoms with van der Waals surface area (Å²) in [6.07, 6.45) is 5.68. The molecule has 3 N–H and O–H groups in total. The largest absolute Gasteiger partial charge is 0.488 e. The molecule has 0 aliphatic carbocycles. The van der Waals surface area contributed by atoms with Crippen molar-refractivity contribution in [3.05, 3.63) is 105 Å². The van der Waals surface area contributed by atoms with Gasteiger partial charge in [-0.3, -0.25) is 4.79 Å². The first-order valence-corrected chi connectivity index (χ1v) is 11.9. The SMILES string of the molecule is C#Cc1ccc(OCc2ccc3ccccc3c2)c(COc2c(Cl)cc(C[C@H](N)C(=O)O)cc2Cl)c1. The second kappa shape index (κ2) is 11.4. The molecule has 0 aromatic heterocycles. The lowest BCUT2D eigenvalue weighted by atomic mass is 10.1. The Kier molecular flexibility index (Phi) is 8.02. The Hall–Kier alpha value is -3.69. The number of ether oxygens (including phenoxy) is 2. The number of halogens is 2. The van der Waals surface area contributed by atoms with Crippen LogP contribution in [0.3, 0.4) is 0 Å². The maximum atomic E-state index is 11.0.